The molecule has 1 fully saturated rings. The Bertz CT molecular complexity index is 979. The van der Waals surface area contributed by atoms with Crippen molar-refractivity contribution in [3.8, 4) is 5.75 Å². The van der Waals surface area contributed by atoms with Crippen molar-refractivity contribution in [2.24, 2.45) is 5.92 Å². The van der Waals surface area contributed by atoms with Gasteiger partial charge in [-0.2, -0.15) is 0 Å². The molecule has 2 aromatic carbocycles. The van der Waals surface area contributed by atoms with Gasteiger partial charge in [0.15, 0.2) is 4.32 Å². The van der Waals surface area contributed by atoms with Crippen molar-refractivity contribution in [2.75, 3.05) is 11.5 Å². The zero-order valence-corrected chi connectivity index (χ0v) is 19.8. The molecule has 1 heterocycles. The van der Waals surface area contributed by atoms with Crippen LogP contribution in [0.15, 0.2) is 45.8 Å². The van der Waals surface area contributed by atoms with Gasteiger partial charge in [-0.25, -0.2) is 0 Å². The third-order valence-electron chi connectivity index (χ3n) is 3.78. The molecule has 28 heavy (non-hydrogen) atoms. The SMILES string of the molecule is CC(C)COc1ccc(/C=C2\SC(=S)N(c3ccc(Cl)c(Cl)c3)C2=O)cc1Br. The lowest BCUT2D eigenvalue weighted by atomic mass is 10.2. The fraction of sp³-hybridized carbons (Fsp3) is 0.200. The first-order chi connectivity index (χ1) is 13.3. The number of ether oxygens (including phenoxy) is 1. The van der Waals surface area contributed by atoms with Crippen LogP contribution in [0.1, 0.15) is 19.4 Å². The van der Waals surface area contributed by atoms with Crippen LogP contribution >= 0.6 is 63.1 Å². The van der Waals surface area contributed by atoms with Crippen molar-refractivity contribution >= 4 is 85.1 Å². The third-order valence-corrected chi connectivity index (χ3v) is 6.44. The molecule has 1 saturated heterocycles. The molecule has 0 radical (unpaired) electrons. The minimum absolute atomic E-state index is 0.190. The summed E-state index contributed by atoms with van der Waals surface area (Å²) >= 11 is 22.2. The van der Waals surface area contributed by atoms with Crippen LogP contribution in [-0.2, 0) is 4.79 Å². The van der Waals surface area contributed by atoms with E-state index in [0.717, 1.165) is 15.8 Å². The van der Waals surface area contributed by atoms with Crippen LogP contribution in [0, 0.1) is 5.92 Å². The van der Waals surface area contributed by atoms with E-state index in [-0.39, 0.29) is 5.91 Å². The number of amides is 1. The summed E-state index contributed by atoms with van der Waals surface area (Å²) < 4.78 is 7.05. The predicted molar refractivity (Wildman–Crippen MR) is 127 cm³/mol. The van der Waals surface area contributed by atoms with E-state index < -0.39 is 0 Å². The summed E-state index contributed by atoms with van der Waals surface area (Å²) in [5, 5.41) is 0.800. The summed E-state index contributed by atoms with van der Waals surface area (Å²) in [5.41, 5.74) is 1.47. The molecule has 0 unspecified atom stereocenters. The van der Waals surface area contributed by atoms with E-state index >= 15 is 0 Å². The van der Waals surface area contributed by atoms with Gasteiger partial charge in [0.2, 0.25) is 0 Å². The van der Waals surface area contributed by atoms with Crippen molar-refractivity contribution in [1.29, 1.82) is 0 Å². The highest BCUT2D eigenvalue weighted by molar-refractivity contribution is 9.10. The number of anilines is 1. The minimum Gasteiger partial charge on any atom is -0.492 e. The van der Waals surface area contributed by atoms with Crippen molar-refractivity contribution in [3.63, 3.8) is 0 Å². The Balaban J connectivity index is 1.83. The summed E-state index contributed by atoms with van der Waals surface area (Å²) in [5.74, 6) is 1.02. The molecule has 3 nitrogen and oxygen atoms in total. The van der Waals surface area contributed by atoms with Gasteiger partial charge in [-0.05, 0) is 63.8 Å². The molecule has 0 N–H and O–H groups in total. The normalized spacial score (nSPS) is 15.8. The number of thiocarbonyl (C=S) groups is 1. The minimum atomic E-state index is -0.190. The van der Waals surface area contributed by atoms with Gasteiger partial charge in [0.25, 0.3) is 5.91 Å². The smallest absolute Gasteiger partial charge is 0.270 e. The van der Waals surface area contributed by atoms with Crippen LogP contribution < -0.4 is 9.64 Å². The lowest BCUT2D eigenvalue weighted by molar-refractivity contribution is -0.113. The average molecular weight is 517 g/mol. The van der Waals surface area contributed by atoms with Crippen LogP contribution in [0.2, 0.25) is 10.0 Å². The van der Waals surface area contributed by atoms with E-state index in [2.05, 4.69) is 29.8 Å². The molecular weight excluding hydrogens is 501 g/mol. The van der Waals surface area contributed by atoms with Gasteiger partial charge >= 0.3 is 0 Å². The molecule has 0 spiro atoms. The maximum Gasteiger partial charge on any atom is 0.270 e. The first-order valence-corrected chi connectivity index (χ1v) is 11.2. The average Bonchev–Trinajstić information content (AvgIpc) is 2.90. The number of halogens is 3. The van der Waals surface area contributed by atoms with Crippen molar-refractivity contribution < 1.29 is 9.53 Å². The summed E-state index contributed by atoms with van der Waals surface area (Å²) in [6, 6.07) is 10.7. The van der Waals surface area contributed by atoms with Gasteiger partial charge in [-0.3, -0.25) is 9.69 Å². The Kier molecular flexibility index (Phi) is 7.10. The van der Waals surface area contributed by atoms with E-state index in [9.17, 15) is 4.79 Å². The molecule has 0 saturated carbocycles. The molecule has 3 rings (SSSR count). The quantitative estimate of drug-likeness (QED) is 0.310. The lowest BCUT2D eigenvalue weighted by Gasteiger charge is -2.15. The molecule has 1 aliphatic heterocycles. The Morgan fingerprint density at radius 3 is 2.61 bits per heavy atom. The monoisotopic (exact) mass is 515 g/mol. The molecule has 146 valence electrons. The molecule has 2 aromatic rings. The maximum atomic E-state index is 12.9. The lowest BCUT2D eigenvalue weighted by Crippen LogP contribution is -2.27. The largest absolute Gasteiger partial charge is 0.492 e. The molecule has 1 aliphatic rings. The molecule has 8 heteroatoms. The molecule has 0 atom stereocenters. The Morgan fingerprint density at radius 2 is 1.96 bits per heavy atom. The van der Waals surface area contributed by atoms with E-state index in [1.807, 2.05) is 24.3 Å². The number of nitrogens with zero attached hydrogens (tertiary/aromatic N) is 1. The Labute approximate surface area is 192 Å². The second-order valence-electron chi connectivity index (χ2n) is 6.51. The van der Waals surface area contributed by atoms with Gasteiger partial charge in [0.05, 0.1) is 31.7 Å². The van der Waals surface area contributed by atoms with Gasteiger partial charge in [0.1, 0.15) is 5.75 Å². The van der Waals surface area contributed by atoms with E-state index in [0.29, 0.717) is 37.5 Å². The summed E-state index contributed by atoms with van der Waals surface area (Å²) in [4.78, 5) is 14.9. The molecule has 0 bridgehead atoms. The number of carbonyl (C=O) groups excluding carboxylic acids is 1. The fourth-order valence-corrected chi connectivity index (χ4v) is 4.55. The van der Waals surface area contributed by atoms with Gasteiger partial charge in [0, 0.05) is 0 Å². The summed E-state index contributed by atoms with van der Waals surface area (Å²) in [6.07, 6.45) is 1.81. The van der Waals surface area contributed by atoms with E-state index in [4.69, 9.17) is 40.2 Å². The van der Waals surface area contributed by atoms with Gasteiger partial charge in [-0.1, -0.05) is 67.1 Å². The maximum absolute atomic E-state index is 12.9. The van der Waals surface area contributed by atoms with Crippen LogP contribution in [0.4, 0.5) is 5.69 Å². The molecule has 0 aromatic heterocycles. The van der Waals surface area contributed by atoms with Gasteiger partial charge in [-0.15, -0.1) is 0 Å². The van der Waals surface area contributed by atoms with E-state index in [1.165, 1.54) is 16.7 Å². The van der Waals surface area contributed by atoms with Crippen molar-refractivity contribution in [3.05, 3.63) is 61.4 Å². The number of thioether (sulfide) groups is 1. The van der Waals surface area contributed by atoms with Crippen LogP contribution in [0.25, 0.3) is 6.08 Å². The molecular formula is C20H16BrCl2NO2S2. The number of rotatable bonds is 5. The number of carbonyl (C=O) groups is 1. The first kappa shape index (κ1) is 21.7. The zero-order valence-electron chi connectivity index (χ0n) is 15.0. The third kappa shape index (κ3) is 4.92. The fourth-order valence-electron chi connectivity index (χ4n) is 2.45. The van der Waals surface area contributed by atoms with Gasteiger partial charge < -0.3 is 4.74 Å². The number of hydrogen-bond acceptors (Lipinski definition) is 4. The summed E-state index contributed by atoms with van der Waals surface area (Å²) in [6.45, 7) is 4.83. The zero-order chi connectivity index (χ0) is 20.4. The highest BCUT2D eigenvalue weighted by Gasteiger charge is 2.33. The second-order valence-corrected chi connectivity index (χ2v) is 9.85. The summed E-state index contributed by atoms with van der Waals surface area (Å²) in [7, 11) is 0. The molecule has 0 aliphatic carbocycles. The van der Waals surface area contributed by atoms with Crippen LogP contribution in [-0.4, -0.2) is 16.8 Å². The van der Waals surface area contributed by atoms with Crippen LogP contribution in [0.5, 0.6) is 5.75 Å². The van der Waals surface area contributed by atoms with E-state index in [1.54, 1.807) is 18.2 Å². The molecule has 1 amide bonds. The topological polar surface area (TPSA) is 29.5 Å². The Hall–Kier alpha value is -1.05. The highest BCUT2D eigenvalue weighted by atomic mass is 79.9. The van der Waals surface area contributed by atoms with Crippen LogP contribution in [0.3, 0.4) is 0 Å². The highest BCUT2D eigenvalue weighted by Crippen LogP contribution is 2.38. The number of benzene rings is 2. The standard InChI is InChI=1S/C20H16BrCl2NO2S2/c1-11(2)10-26-17-6-3-12(7-14(17)21)8-18-19(25)24(20(27)28-18)13-4-5-15(22)16(23)9-13/h3-9,11H,10H2,1-2H3/b18-8-. The Morgan fingerprint density at radius 1 is 1.21 bits per heavy atom. The first-order valence-electron chi connectivity index (χ1n) is 8.41. The predicted octanol–water partition coefficient (Wildman–Crippen LogP) is 7.20. The van der Waals surface area contributed by atoms with Crippen molar-refractivity contribution in [1.82, 2.24) is 0 Å². The number of hydrogen-bond donors (Lipinski definition) is 0. The van der Waals surface area contributed by atoms with Crippen molar-refractivity contribution in [2.45, 2.75) is 13.8 Å². The second kappa shape index (κ2) is 9.18.